The highest BCUT2D eigenvalue weighted by molar-refractivity contribution is 9.10. The Morgan fingerprint density at radius 1 is 1.17 bits per heavy atom. The Hall–Kier alpha value is -1.76. The van der Waals surface area contributed by atoms with Gasteiger partial charge in [0.05, 0.1) is 10.2 Å². The van der Waals surface area contributed by atoms with E-state index in [0.29, 0.717) is 18.4 Å². The molecule has 3 atom stereocenters. The molecule has 1 aromatic rings. The number of fused-ring (bicyclic) bond motifs is 2. The molecule has 2 fully saturated rings. The number of ketones is 1. The van der Waals surface area contributed by atoms with Crippen LogP contribution in [0.3, 0.4) is 0 Å². The van der Waals surface area contributed by atoms with Crippen LogP contribution in [0.5, 0.6) is 0 Å². The van der Waals surface area contributed by atoms with E-state index in [1.165, 1.54) is 12.4 Å². The maximum Gasteiger partial charge on any atom is 0.269 e. The number of hydrogen-bond donors (Lipinski definition) is 2. The van der Waals surface area contributed by atoms with Crippen molar-refractivity contribution in [3.05, 3.63) is 30.1 Å². The Kier molecular flexibility index (Phi) is 3.82. The van der Waals surface area contributed by atoms with Crippen molar-refractivity contribution in [3.8, 4) is 0 Å². The van der Waals surface area contributed by atoms with E-state index in [9.17, 15) is 14.4 Å². The molecule has 2 bridgehead atoms. The number of rotatable bonds is 2. The third kappa shape index (κ3) is 1.93. The summed E-state index contributed by atoms with van der Waals surface area (Å²) in [4.78, 5) is 41.0. The van der Waals surface area contributed by atoms with Crippen LogP contribution in [0.2, 0.25) is 0 Å². The van der Waals surface area contributed by atoms with E-state index >= 15 is 0 Å². The number of carbonyl (C=O) groups is 3. The second-order valence-corrected chi connectivity index (χ2v) is 8.22. The van der Waals surface area contributed by atoms with E-state index in [0.717, 1.165) is 0 Å². The lowest BCUT2D eigenvalue weighted by Crippen LogP contribution is -2.55. The fourth-order valence-electron chi connectivity index (χ4n) is 4.26. The first-order valence-electron chi connectivity index (χ1n) is 7.88. The fourth-order valence-corrected chi connectivity index (χ4v) is 5.77. The van der Waals surface area contributed by atoms with Gasteiger partial charge < -0.3 is 0 Å². The molecule has 24 heavy (non-hydrogen) atoms. The van der Waals surface area contributed by atoms with E-state index in [1.54, 1.807) is 12.1 Å². The molecule has 3 rings (SSSR count). The zero-order valence-electron chi connectivity index (χ0n) is 13.9. The van der Waals surface area contributed by atoms with Crippen LogP contribution in [0.25, 0.3) is 0 Å². The highest BCUT2D eigenvalue weighted by Crippen LogP contribution is 2.72. The van der Waals surface area contributed by atoms with E-state index in [4.69, 9.17) is 0 Å². The van der Waals surface area contributed by atoms with Crippen LogP contribution in [-0.4, -0.2) is 27.4 Å². The zero-order chi connectivity index (χ0) is 17.8. The molecule has 1 heterocycles. The normalized spacial score (nSPS) is 33.3. The first kappa shape index (κ1) is 17.1. The van der Waals surface area contributed by atoms with Gasteiger partial charge in [0.25, 0.3) is 5.91 Å². The lowest BCUT2D eigenvalue weighted by Gasteiger charge is -2.39. The number of nitrogens with zero attached hydrogens (tertiary/aromatic N) is 1. The lowest BCUT2D eigenvalue weighted by molar-refractivity contribution is -0.136. The summed E-state index contributed by atoms with van der Waals surface area (Å²) in [6.07, 6.45) is 4.29. The van der Waals surface area contributed by atoms with Crippen LogP contribution in [0.4, 0.5) is 0 Å². The molecule has 0 aromatic carbocycles. The third-order valence-corrected chi connectivity index (χ3v) is 7.56. The van der Waals surface area contributed by atoms with Crippen LogP contribution in [-0.2, 0) is 9.59 Å². The van der Waals surface area contributed by atoms with Crippen molar-refractivity contribution in [2.75, 3.05) is 0 Å². The molecule has 2 saturated carbocycles. The van der Waals surface area contributed by atoms with Crippen LogP contribution < -0.4 is 10.9 Å². The monoisotopic (exact) mass is 393 g/mol. The molecule has 2 aliphatic carbocycles. The van der Waals surface area contributed by atoms with E-state index in [2.05, 4.69) is 31.8 Å². The van der Waals surface area contributed by atoms with Gasteiger partial charge >= 0.3 is 0 Å². The number of aromatic nitrogens is 1. The van der Waals surface area contributed by atoms with Gasteiger partial charge in [0, 0.05) is 23.4 Å². The lowest BCUT2D eigenvalue weighted by atomic mass is 9.64. The van der Waals surface area contributed by atoms with Gasteiger partial charge in [-0.3, -0.25) is 30.2 Å². The van der Waals surface area contributed by atoms with Gasteiger partial charge in [-0.15, -0.1) is 0 Å². The molecular formula is C17H20BrN3O3. The number of Topliss-reactive ketones (excluding diaryl/α,β-unsaturated/α-hetero) is 1. The Balaban J connectivity index is 1.80. The summed E-state index contributed by atoms with van der Waals surface area (Å²) in [5.41, 5.74) is 3.46. The topological polar surface area (TPSA) is 88.2 Å². The van der Waals surface area contributed by atoms with E-state index in [1.807, 2.05) is 20.8 Å². The number of hydrogen-bond acceptors (Lipinski definition) is 4. The summed E-state index contributed by atoms with van der Waals surface area (Å²) < 4.78 is 0. The average molecular weight is 394 g/mol. The number of halogens is 1. The summed E-state index contributed by atoms with van der Waals surface area (Å²) in [6.45, 7) is 5.86. The predicted octanol–water partition coefficient (Wildman–Crippen LogP) is 2.00. The molecule has 0 radical (unpaired) electrons. The van der Waals surface area contributed by atoms with Gasteiger partial charge in [-0.1, -0.05) is 36.7 Å². The first-order valence-corrected chi connectivity index (χ1v) is 8.79. The van der Waals surface area contributed by atoms with Gasteiger partial charge in [-0.25, -0.2) is 0 Å². The van der Waals surface area contributed by atoms with Gasteiger partial charge in [-0.2, -0.15) is 0 Å². The molecule has 0 saturated heterocycles. The van der Waals surface area contributed by atoms with Crippen molar-refractivity contribution in [1.82, 2.24) is 15.8 Å². The molecule has 0 aliphatic heterocycles. The maximum absolute atomic E-state index is 13.0. The fraction of sp³-hybridized carbons (Fsp3) is 0.529. The van der Waals surface area contributed by atoms with Crippen molar-refractivity contribution in [1.29, 1.82) is 0 Å². The number of carbonyl (C=O) groups excluding carboxylic acids is 3. The number of pyridine rings is 1. The molecule has 128 valence electrons. The molecular weight excluding hydrogens is 374 g/mol. The minimum Gasteiger partial charge on any atom is -0.298 e. The van der Waals surface area contributed by atoms with Crippen molar-refractivity contribution in [2.45, 2.75) is 38.4 Å². The van der Waals surface area contributed by atoms with Crippen molar-refractivity contribution in [3.63, 3.8) is 0 Å². The Morgan fingerprint density at radius 2 is 1.79 bits per heavy atom. The molecule has 6 nitrogen and oxygen atoms in total. The number of nitrogens with one attached hydrogen (secondary N) is 2. The first-order chi connectivity index (χ1) is 11.2. The third-order valence-electron chi connectivity index (χ3n) is 6.36. The minimum absolute atomic E-state index is 0.0642. The number of amides is 2. The van der Waals surface area contributed by atoms with Crippen LogP contribution in [0.1, 0.15) is 44.0 Å². The Bertz CT molecular complexity index is 721. The second-order valence-electron chi connectivity index (χ2n) is 7.30. The summed E-state index contributed by atoms with van der Waals surface area (Å²) in [6, 6.07) is 3.12. The van der Waals surface area contributed by atoms with E-state index < -0.39 is 27.0 Å². The molecule has 2 aliphatic rings. The molecule has 3 unspecified atom stereocenters. The quantitative estimate of drug-likeness (QED) is 0.593. The summed E-state index contributed by atoms with van der Waals surface area (Å²) in [5, 5.41) is 0. The van der Waals surface area contributed by atoms with Gasteiger partial charge in [-0.05, 0) is 30.4 Å². The maximum atomic E-state index is 13.0. The predicted molar refractivity (Wildman–Crippen MR) is 91.1 cm³/mol. The van der Waals surface area contributed by atoms with Gasteiger partial charge in [0.1, 0.15) is 0 Å². The molecule has 2 N–H and O–H groups in total. The molecule has 1 aromatic heterocycles. The largest absolute Gasteiger partial charge is 0.298 e. The summed E-state index contributed by atoms with van der Waals surface area (Å²) >= 11 is 3.45. The highest BCUT2D eigenvalue weighted by atomic mass is 79.9. The molecule has 2 amide bonds. The van der Waals surface area contributed by atoms with Crippen LogP contribution in [0, 0.1) is 16.2 Å². The highest BCUT2D eigenvalue weighted by Gasteiger charge is 2.76. The van der Waals surface area contributed by atoms with Crippen molar-refractivity contribution < 1.29 is 14.4 Å². The SMILES string of the molecule is CC12CCC(C(=O)NNC(=O)c3ccncc3)(C(Br)C1=O)C2(C)C. The van der Waals surface area contributed by atoms with E-state index in [-0.39, 0.29) is 11.7 Å². The summed E-state index contributed by atoms with van der Waals surface area (Å²) in [5.74, 6) is -0.683. The average Bonchev–Trinajstić information content (AvgIpc) is 2.85. The number of hydrazine groups is 1. The second kappa shape index (κ2) is 5.37. The van der Waals surface area contributed by atoms with Crippen LogP contribution >= 0.6 is 15.9 Å². The smallest absolute Gasteiger partial charge is 0.269 e. The standard InChI is InChI=1S/C17H20BrN3O3/c1-15(2)16(3)6-7-17(15,11(18)12(16)22)14(24)21-20-13(23)10-4-8-19-9-5-10/h4-5,8-9,11H,6-7H2,1-3H3,(H,20,23)(H,21,24). The zero-order valence-corrected chi connectivity index (χ0v) is 15.4. The minimum atomic E-state index is -0.871. The Labute approximate surface area is 148 Å². The van der Waals surface area contributed by atoms with Crippen molar-refractivity contribution in [2.24, 2.45) is 16.2 Å². The molecule has 7 heteroatoms. The Morgan fingerprint density at radius 3 is 2.33 bits per heavy atom. The number of alkyl halides is 1. The van der Waals surface area contributed by atoms with Gasteiger partial charge in [0.2, 0.25) is 5.91 Å². The molecule has 0 spiro atoms. The van der Waals surface area contributed by atoms with Crippen molar-refractivity contribution >= 4 is 33.5 Å². The van der Waals surface area contributed by atoms with Crippen LogP contribution in [0.15, 0.2) is 24.5 Å². The van der Waals surface area contributed by atoms with Gasteiger partial charge in [0.15, 0.2) is 5.78 Å². The summed E-state index contributed by atoms with van der Waals surface area (Å²) in [7, 11) is 0.